The SMILES string of the molecule is CCNCCc1nnc(C(C)(C)S(C)(=O)=O)s1. The van der Waals surface area contributed by atoms with Crippen LogP contribution in [0.25, 0.3) is 0 Å². The maximum atomic E-state index is 11.6. The van der Waals surface area contributed by atoms with E-state index in [1.54, 1.807) is 13.8 Å². The zero-order valence-corrected chi connectivity index (χ0v) is 12.3. The number of sulfone groups is 1. The van der Waals surface area contributed by atoms with Gasteiger partial charge in [-0.15, -0.1) is 10.2 Å². The minimum absolute atomic E-state index is 0.562. The Bertz CT molecular complexity index is 466. The number of nitrogens with zero attached hydrogens (tertiary/aromatic N) is 2. The Kier molecular flexibility index (Phi) is 4.62. The molecular formula is C10H19N3O2S2. The molecule has 0 spiro atoms. The van der Waals surface area contributed by atoms with Crippen molar-refractivity contribution in [2.45, 2.75) is 31.9 Å². The molecule has 0 atom stereocenters. The zero-order valence-electron chi connectivity index (χ0n) is 10.6. The van der Waals surface area contributed by atoms with Crippen LogP contribution in [-0.4, -0.2) is 38.0 Å². The Hall–Kier alpha value is -0.530. The molecule has 5 nitrogen and oxygen atoms in total. The zero-order chi connectivity index (χ0) is 13.1. The summed E-state index contributed by atoms with van der Waals surface area (Å²) in [6.45, 7) is 7.12. The third-order valence-electron chi connectivity index (χ3n) is 2.67. The van der Waals surface area contributed by atoms with Crippen LogP contribution in [0.3, 0.4) is 0 Å². The molecule has 7 heteroatoms. The number of aromatic nitrogens is 2. The lowest BCUT2D eigenvalue weighted by Crippen LogP contribution is -2.27. The minimum Gasteiger partial charge on any atom is -0.317 e. The largest absolute Gasteiger partial charge is 0.317 e. The number of hydrogen-bond donors (Lipinski definition) is 1. The third-order valence-corrected chi connectivity index (χ3v) is 6.16. The molecule has 0 aromatic carbocycles. The predicted molar refractivity (Wildman–Crippen MR) is 70.0 cm³/mol. The Morgan fingerprint density at radius 3 is 2.53 bits per heavy atom. The Labute approximate surface area is 107 Å². The van der Waals surface area contributed by atoms with Crippen LogP contribution in [0.1, 0.15) is 30.8 Å². The van der Waals surface area contributed by atoms with Gasteiger partial charge in [0.2, 0.25) is 0 Å². The van der Waals surface area contributed by atoms with Gasteiger partial charge in [-0.1, -0.05) is 18.3 Å². The summed E-state index contributed by atoms with van der Waals surface area (Å²) in [5.74, 6) is 0. The summed E-state index contributed by atoms with van der Waals surface area (Å²) in [4.78, 5) is 0. The molecule has 0 unspecified atom stereocenters. The summed E-state index contributed by atoms with van der Waals surface area (Å²) in [6.07, 6.45) is 2.01. The maximum Gasteiger partial charge on any atom is 0.159 e. The number of nitrogens with one attached hydrogen (secondary N) is 1. The van der Waals surface area contributed by atoms with Crippen molar-refractivity contribution < 1.29 is 8.42 Å². The molecule has 0 amide bonds. The van der Waals surface area contributed by atoms with Crippen LogP contribution >= 0.6 is 11.3 Å². The number of rotatable bonds is 6. The highest BCUT2D eigenvalue weighted by molar-refractivity contribution is 7.91. The fraction of sp³-hybridized carbons (Fsp3) is 0.800. The van der Waals surface area contributed by atoms with Gasteiger partial charge in [-0.3, -0.25) is 0 Å². The van der Waals surface area contributed by atoms with E-state index < -0.39 is 14.6 Å². The fourth-order valence-corrected chi connectivity index (χ4v) is 2.90. The molecule has 1 aromatic heterocycles. The van der Waals surface area contributed by atoms with Crippen LogP contribution in [0.4, 0.5) is 0 Å². The lowest BCUT2D eigenvalue weighted by Gasteiger charge is -2.18. The van der Waals surface area contributed by atoms with E-state index in [1.807, 2.05) is 6.92 Å². The molecule has 98 valence electrons. The molecule has 1 heterocycles. The van der Waals surface area contributed by atoms with Gasteiger partial charge in [0.05, 0.1) is 0 Å². The summed E-state index contributed by atoms with van der Waals surface area (Å²) < 4.78 is 22.3. The summed E-state index contributed by atoms with van der Waals surface area (Å²) in [6, 6.07) is 0. The molecule has 1 aromatic rings. The summed E-state index contributed by atoms with van der Waals surface area (Å²) in [5.41, 5.74) is 0. The smallest absolute Gasteiger partial charge is 0.159 e. The van der Waals surface area contributed by atoms with Crippen molar-refractivity contribution in [2.24, 2.45) is 0 Å². The summed E-state index contributed by atoms with van der Waals surface area (Å²) in [7, 11) is -3.17. The van der Waals surface area contributed by atoms with Gasteiger partial charge in [0.1, 0.15) is 14.8 Å². The Balaban J connectivity index is 2.81. The Morgan fingerprint density at radius 2 is 2.00 bits per heavy atom. The minimum atomic E-state index is -3.17. The molecule has 1 rings (SSSR count). The molecule has 0 fully saturated rings. The highest BCUT2D eigenvalue weighted by Crippen LogP contribution is 2.31. The molecule has 0 aliphatic rings. The van der Waals surface area contributed by atoms with Gasteiger partial charge in [-0.05, 0) is 20.4 Å². The van der Waals surface area contributed by atoms with E-state index >= 15 is 0 Å². The van der Waals surface area contributed by atoms with E-state index in [9.17, 15) is 8.42 Å². The number of hydrogen-bond acceptors (Lipinski definition) is 6. The van der Waals surface area contributed by atoms with Crippen LogP contribution in [0.5, 0.6) is 0 Å². The van der Waals surface area contributed by atoms with Crippen LogP contribution < -0.4 is 5.32 Å². The first-order valence-electron chi connectivity index (χ1n) is 5.52. The molecule has 0 bridgehead atoms. The highest BCUT2D eigenvalue weighted by Gasteiger charge is 2.35. The lowest BCUT2D eigenvalue weighted by molar-refractivity contribution is 0.558. The van der Waals surface area contributed by atoms with Crippen LogP contribution in [0.2, 0.25) is 0 Å². The van der Waals surface area contributed by atoms with Gasteiger partial charge < -0.3 is 5.32 Å². The maximum absolute atomic E-state index is 11.6. The van der Waals surface area contributed by atoms with Crippen molar-refractivity contribution in [3.8, 4) is 0 Å². The topological polar surface area (TPSA) is 72.0 Å². The second-order valence-corrected chi connectivity index (χ2v) is 8.01. The van der Waals surface area contributed by atoms with E-state index in [0.29, 0.717) is 5.01 Å². The van der Waals surface area contributed by atoms with Gasteiger partial charge in [0.25, 0.3) is 0 Å². The quantitative estimate of drug-likeness (QED) is 0.784. The first kappa shape index (κ1) is 14.5. The number of likely N-dealkylation sites (N-methyl/N-ethyl adjacent to an activating group) is 1. The van der Waals surface area contributed by atoms with E-state index in [2.05, 4.69) is 15.5 Å². The third kappa shape index (κ3) is 3.46. The van der Waals surface area contributed by atoms with E-state index in [4.69, 9.17) is 0 Å². The van der Waals surface area contributed by atoms with Gasteiger partial charge in [0.15, 0.2) is 9.84 Å². The second-order valence-electron chi connectivity index (χ2n) is 4.39. The lowest BCUT2D eigenvalue weighted by atomic mass is 10.2. The first-order chi connectivity index (χ1) is 7.79. The van der Waals surface area contributed by atoms with Crippen molar-refractivity contribution in [2.75, 3.05) is 19.3 Å². The van der Waals surface area contributed by atoms with E-state index in [1.165, 1.54) is 17.6 Å². The molecule has 0 radical (unpaired) electrons. The van der Waals surface area contributed by atoms with Gasteiger partial charge in [-0.2, -0.15) is 0 Å². The molecule has 0 saturated carbocycles. The molecule has 1 N–H and O–H groups in total. The summed E-state index contributed by atoms with van der Waals surface area (Å²) >= 11 is 1.38. The van der Waals surface area contributed by atoms with Crippen LogP contribution in [0, 0.1) is 0 Å². The monoisotopic (exact) mass is 277 g/mol. The van der Waals surface area contributed by atoms with Gasteiger partial charge in [0, 0.05) is 19.2 Å². The van der Waals surface area contributed by atoms with Gasteiger partial charge in [-0.25, -0.2) is 8.42 Å². The highest BCUT2D eigenvalue weighted by atomic mass is 32.2. The molecule has 0 aliphatic carbocycles. The van der Waals surface area contributed by atoms with Crippen molar-refractivity contribution in [3.05, 3.63) is 10.0 Å². The molecular weight excluding hydrogens is 258 g/mol. The molecule has 17 heavy (non-hydrogen) atoms. The Morgan fingerprint density at radius 1 is 1.35 bits per heavy atom. The average molecular weight is 277 g/mol. The van der Waals surface area contributed by atoms with Crippen LogP contribution in [0.15, 0.2) is 0 Å². The molecule has 0 saturated heterocycles. The van der Waals surface area contributed by atoms with E-state index in [0.717, 1.165) is 24.5 Å². The van der Waals surface area contributed by atoms with Crippen LogP contribution in [-0.2, 0) is 21.0 Å². The predicted octanol–water partition coefficient (Wildman–Crippen LogP) is 0.970. The van der Waals surface area contributed by atoms with Crippen molar-refractivity contribution in [1.29, 1.82) is 0 Å². The normalized spacial score (nSPS) is 12.9. The van der Waals surface area contributed by atoms with Crippen molar-refractivity contribution in [1.82, 2.24) is 15.5 Å². The standard InChI is InChI=1S/C10H19N3O2S2/c1-5-11-7-6-8-12-13-9(16-8)10(2,3)17(4,14)15/h11H,5-7H2,1-4H3. The summed E-state index contributed by atoms with van der Waals surface area (Å²) in [5, 5.41) is 12.7. The first-order valence-corrected chi connectivity index (χ1v) is 8.23. The fourth-order valence-electron chi connectivity index (χ4n) is 1.13. The van der Waals surface area contributed by atoms with E-state index in [-0.39, 0.29) is 0 Å². The van der Waals surface area contributed by atoms with Crippen molar-refractivity contribution >= 4 is 21.2 Å². The second kappa shape index (κ2) is 5.41. The van der Waals surface area contributed by atoms with Crippen molar-refractivity contribution in [3.63, 3.8) is 0 Å². The van der Waals surface area contributed by atoms with Gasteiger partial charge >= 0.3 is 0 Å². The average Bonchev–Trinajstić information content (AvgIpc) is 2.65. The molecule has 0 aliphatic heterocycles.